The second-order valence-electron chi connectivity index (χ2n) is 14.2. The molecule has 1 aliphatic rings. The lowest BCUT2D eigenvalue weighted by molar-refractivity contribution is -0.0925. The predicted octanol–water partition coefficient (Wildman–Crippen LogP) is 6.94. The van der Waals surface area contributed by atoms with Gasteiger partial charge in [0.25, 0.3) is 19.3 Å². The van der Waals surface area contributed by atoms with Gasteiger partial charge in [0.1, 0.15) is 35.0 Å². The number of hydrogen-bond donors (Lipinski definition) is 2. The Hall–Kier alpha value is -4.96. The molecule has 0 bridgehead atoms. The molecule has 5 rings (SSSR count). The monoisotopic (exact) mass is 857 g/mol. The van der Waals surface area contributed by atoms with Crippen molar-refractivity contribution in [1.29, 1.82) is 5.26 Å². The maximum atomic E-state index is 13.5. The third-order valence-corrected chi connectivity index (χ3v) is 12.4. The summed E-state index contributed by atoms with van der Waals surface area (Å²) < 4.78 is 41.7. The van der Waals surface area contributed by atoms with E-state index in [-0.39, 0.29) is 55.5 Å². The fraction of sp³-hybridized carbons (Fsp3) is 0.409. The molecule has 60 heavy (non-hydrogen) atoms. The number of aromatic nitrogens is 2. The first-order valence-corrected chi connectivity index (χ1v) is 21.9. The third-order valence-electron chi connectivity index (χ3n) is 9.71. The molecule has 0 spiro atoms. The maximum absolute atomic E-state index is 13.5. The third kappa shape index (κ3) is 11.2. The van der Waals surface area contributed by atoms with E-state index in [9.17, 15) is 19.6 Å². The van der Waals surface area contributed by atoms with Crippen LogP contribution in [0.1, 0.15) is 69.0 Å². The molecule has 3 aromatic carbocycles. The molecule has 14 nitrogen and oxygen atoms in total. The molecular formula is C44H52N5O9PS. The molecule has 4 aromatic rings. The van der Waals surface area contributed by atoms with Gasteiger partial charge in [-0.1, -0.05) is 78.2 Å². The van der Waals surface area contributed by atoms with Crippen LogP contribution in [0.15, 0.2) is 94.6 Å². The van der Waals surface area contributed by atoms with E-state index in [1.165, 1.54) is 10.8 Å². The Bertz CT molecular complexity index is 2180. The molecule has 2 heterocycles. The maximum Gasteiger partial charge on any atom is 0.330 e. The highest BCUT2D eigenvalue weighted by molar-refractivity contribution is 8.12. The van der Waals surface area contributed by atoms with Crippen molar-refractivity contribution in [2.24, 2.45) is 0 Å². The average molecular weight is 858 g/mol. The molecule has 1 fully saturated rings. The topological polar surface area (TPSA) is 166 Å². The molecule has 16 heteroatoms. The molecule has 4 atom stereocenters. The minimum atomic E-state index is -1.74. The van der Waals surface area contributed by atoms with E-state index < -0.39 is 43.8 Å². The number of hydrogen-bond acceptors (Lipinski definition) is 12. The van der Waals surface area contributed by atoms with Crippen molar-refractivity contribution in [2.75, 3.05) is 40.2 Å². The second-order valence-corrected chi connectivity index (χ2v) is 16.4. The number of methoxy groups -OCH3 is 2. The van der Waals surface area contributed by atoms with Crippen LogP contribution in [0.3, 0.4) is 0 Å². The molecule has 0 aliphatic carbocycles. The average Bonchev–Trinajstić information content (AvgIpc) is 3.65. The van der Waals surface area contributed by atoms with Crippen molar-refractivity contribution in [3.63, 3.8) is 0 Å². The molecule has 1 aliphatic heterocycles. The smallest absolute Gasteiger partial charge is 0.330 e. The van der Waals surface area contributed by atoms with Crippen molar-refractivity contribution in [2.45, 2.75) is 76.7 Å². The molecule has 0 saturated carbocycles. The van der Waals surface area contributed by atoms with E-state index >= 15 is 0 Å². The second kappa shape index (κ2) is 22.0. The number of nitriles is 1. The van der Waals surface area contributed by atoms with Gasteiger partial charge in [-0.05, 0) is 74.9 Å². The van der Waals surface area contributed by atoms with Gasteiger partial charge in [0, 0.05) is 24.7 Å². The lowest BCUT2D eigenvalue weighted by Crippen LogP contribution is -2.39. The van der Waals surface area contributed by atoms with Crippen molar-refractivity contribution in [1.82, 2.24) is 19.5 Å². The van der Waals surface area contributed by atoms with E-state index in [0.717, 1.165) is 28.5 Å². The Morgan fingerprint density at radius 3 is 2.13 bits per heavy atom. The summed E-state index contributed by atoms with van der Waals surface area (Å²) in [5.74, 6) is 6.89. The van der Waals surface area contributed by atoms with E-state index in [4.69, 9.17) is 28.0 Å². The highest BCUT2D eigenvalue weighted by Gasteiger charge is 2.45. The number of amides is 1. The van der Waals surface area contributed by atoms with Crippen LogP contribution in [-0.2, 0) is 24.1 Å². The van der Waals surface area contributed by atoms with Crippen LogP contribution in [-0.4, -0.2) is 84.0 Å². The molecule has 2 N–H and O–H groups in total. The van der Waals surface area contributed by atoms with E-state index in [0.29, 0.717) is 11.5 Å². The molecule has 4 unspecified atom stereocenters. The number of benzene rings is 3. The Labute approximate surface area is 356 Å². The summed E-state index contributed by atoms with van der Waals surface area (Å²) in [4.78, 5) is 40.4. The molecule has 0 radical (unpaired) electrons. The normalized spacial score (nSPS) is 16.9. The number of ether oxygens (including phenoxy) is 4. The van der Waals surface area contributed by atoms with Gasteiger partial charge in [0.15, 0.2) is 0 Å². The lowest BCUT2D eigenvalue weighted by atomic mass is 9.80. The zero-order chi connectivity index (χ0) is 43.2. The van der Waals surface area contributed by atoms with Crippen LogP contribution in [0.4, 0.5) is 4.79 Å². The van der Waals surface area contributed by atoms with Gasteiger partial charge in [-0.2, -0.15) is 5.26 Å². The fourth-order valence-electron chi connectivity index (χ4n) is 6.94. The molecule has 1 amide bonds. The Morgan fingerprint density at radius 2 is 1.58 bits per heavy atom. The van der Waals surface area contributed by atoms with Crippen molar-refractivity contribution < 1.29 is 32.8 Å². The first kappa shape index (κ1) is 46.1. The summed E-state index contributed by atoms with van der Waals surface area (Å²) in [5.41, 5.74) is -0.0683. The van der Waals surface area contributed by atoms with Crippen molar-refractivity contribution >= 4 is 25.5 Å². The zero-order valence-corrected chi connectivity index (χ0v) is 36.6. The number of thioether (sulfide) groups is 1. The number of aromatic amines is 1. The first-order chi connectivity index (χ1) is 28.9. The molecule has 1 aromatic heterocycles. The summed E-state index contributed by atoms with van der Waals surface area (Å²) in [6, 6.07) is 27.4. The molecule has 1 saturated heterocycles. The highest BCUT2D eigenvalue weighted by Crippen LogP contribution is 2.50. The number of carbonyl (C=O) groups is 1. The minimum Gasteiger partial charge on any atom is -0.497 e. The number of carbonyl (C=O) groups excluding carboxylic acids is 1. The quantitative estimate of drug-likeness (QED) is 0.0459. The van der Waals surface area contributed by atoms with E-state index in [1.807, 2.05) is 107 Å². The standard InChI is InChI=1S/C44H52N5O9PS/c1-30(2)49(31(3)4)59(56-26-12-24-45)58-38-27-40(48-28-32(41(50)47-42(48)51)13-11-25-46-43(52)60-7)57-39(38)29-55-44(33-14-9-8-10-15-33,34-16-20-36(53-5)21-17-34)35-18-22-37(54-6)23-19-35/h8-10,14-23,28,30-31,38-40H,12,25-27,29H2,1-7H3,(H,46,52)(H,47,50,51). The molecular weight excluding hydrogens is 806 g/mol. The van der Waals surface area contributed by atoms with Gasteiger partial charge in [-0.25, -0.2) is 9.46 Å². The zero-order valence-electron chi connectivity index (χ0n) is 34.9. The fourth-order valence-corrected chi connectivity index (χ4v) is 8.91. The minimum absolute atomic E-state index is 0.0105. The van der Waals surface area contributed by atoms with Crippen molar-refractivity contribution in [3.8, 4) is 29.4 Å². The van der Waals surface area contributed by atoms with Gasteiger partial charge in [0.05, 0.1) is 52.6 Å². The van der Waals surface area contributed by atoms with Crippen molar-refractivity contribution in [3.05, 3.63) is 128 Å². The SMILES string of the molecule is COc1ccc(C(OCC2OC(n3cc(C#CCNC(=O)SC)c(=O)[nH]c3=O)CC2OP(OCCC#N)N(C(C)C)C(C)C)(c2ccccc2)c2ccc(OC)cc2)cc1. The first-order valence-electron chi connectivity index (χ1n) is 19.5. The Balaban J connectivity index is 1.60. The summed E-state index contributed by atoms with van der Waals surface area (Å²) in [6.45, 7) is 8.33. The van der Waals surface area contributed by atoms with Crippen LogP contribution in [0.25, 0.3) is 0 Å². The van der Waals surface area contributed by atoms with Crippen LogP contribution in [0.2, 0.25) is 0 Å². The Kier molecular flexibility index (Phi) is 16.9. The summed E-state index contributed by atoms with van der Waals surface area (Å²) >= 11 is 1.01. The van der Waals surface area contributed by atoms with E-state index in [2.05, 4.69) is 32.9 Å². The lowest BCUT2D eigenvalue weighted by Gasteiger charge is -2.39. The van der Waals surface area contributed by atoms with Crippen LogP contribution in [0.5, 0.6) is 11.5 Å². The van der Waals surface area contributed by atoms with Crippen LogP contribution >= 0.6 is 20.3 Å². The summed E-state index contributed by atoms with van der Waals surface area (Å²) in [7, 11) is 1.48. The van der Waals surface area contributed by atoms with Gasteiger partial charge in [-0.15, -0.1) is 0 Å². The van der Waals surface area contributed by atoms with Gasteiger partial charge in [-0.3, -0.25) is 19.1 Å². The van der Waals surface area contributed by atoms with Gasteiger partial charge < -0.3 is 33.3 Å². The van der Waals surface area contributed by atoms with Crippen LogP contribution < -0.4 is 26.0 Å². The summed E-state index contributed by atoms with van der Waals surface area (Å²) in [6.07, 6.45) is 0.951. The van der Waals surface area contributed by atoms with Gasteiger partial charge in [0.2, 0.25) is 0 Å². The number of H-pyrrole nitrogens is 1. The van der Waals surface area contributed by atoms with Gasteiger partial charge >= 0.3 is 5.69 Å². The molecule has 318 valence electrons. The van der Waals surface area contributed by atoms with Crippen LogP contribution in [0, 0.1) is 23.2 Å². The largest absolute Gasteiger partial charge is 0.497 e. The number of rotatable bonds is 18. The Morgan fingerprint density at radius 1 is 0.983 bits per heavy atom. The number of nitrogens with one attached hydrogen (secondary N) is 2. The van der Waals surface area contributed by atoms with E-state index in [1.54, 1.807) is 20.5 Å². The summed E-state index contributed by atoms with van der Waals surface area (Å²) in [5, 5.41) is 11.7. The predicted molar refractivity (Wildman–Crippen MR) is 232 cm³/mol. The highest BCUT2D eigenvalue weighted by atomic mass is 32.2. The number of nitrogens with zero attached hydrogens (tertiary/aromatic N) is 3.